The minimum absolute atomic E-state index is 0. The van der Waals surface area contributed by atoms with Gasteiger partial charge in [0.15, 0.2) is 0 Å². The van der Waals surface area contributed by atoms with Gasteiger partial charge in [-0.3, -0.25) is 0 Å². The molecule has 0 N–H and O–H groups in total. The second kappa shape index (κ2) is 8.21. The first-order valence-corrected chi connectivity index (χ1v) is 8.39. The normalized spacial score (nSPS) is 9.50. The van der Waals surface area contributed by atoms with Crippen LogP contribution in [0.15, 0.2) is 60.7 Å². The summed E-state index contributed by atoms with van der Waals surface area (Å²) in [6, 6.07) is 21.4. The molecule has 0 fully saturated rings. The van der Waals surface area contributed by atoms with Crippen molar-refractivity contribution in [2.45, 2.75) is 0 Å². The Morgan fingerprint density at radius 2 is 1.00 bits per heavy atom. The van der Waals surface area contributed by atoms with Gasteiger partial charge < -0.3 is 0 Å². The number of rotatable bonds is 4. The fourth-order valence-corrected chi connectivity index (χ4v) is 5.97. The second-order valence-corrected chi connectivity index (χ2v) is 8.43. The van der Waals surface area contributed by atoms with Crippen molar-refractivity contribution in [1.82, 2.24) is 0 Å². The summed E-state index contributed by atoms with van der Waals surface area (Å²) in [4.78, 5) is 0. The van der Waals surface area contributed by atoms with Gasteiger partial charge in [-0.25, -0.2) is 0 Å². The summed E-state index contributed by atoms with van der Waals surface area (Å²) < 4.78 is 5.37. The maximum absolute atomic E-state index is 2.45. The molecule has 0 saturated heterocycles. The van der Waals surface area contributed by atoms with E-state index < -0.39 is 0 Å². The van der Waals surface area contributed by atoms with Crippen LogP contribution in [0.3, 0.4) is 0 Å². The van der Waals surface area contributed by atoms with Crippen molar-refractivity contribution in [3.8, 4) is 0 Å². The molecule has 2 rings (SSSR count). The Morgan fingerprint density at radius 1 is 0.625 bits per heavy atom. The quantitative estimate of drug-likeness (QED) is 0.457. The Hall–Kier alpha value is 0.0764. The van der Waals surface area contributed by atoms with Crippen LogP contribution in [-0.4, -0.2) is 29.9 Å². The van der Waals surface area contributed by atoms with E-state index in [9.17, 15) is 0 Å². The number of hydrogen-bond acceptors (Lipinski definition) is 0. The van der Waals surface area contributed by atoms with Crippen LogP contribution in [0.1, 0.15) is 0 Å². The van der Waals surface area contributed by atoms with Crippen LogP contribution >= 0.6 is 0 Å². The van der Waals surface area contributed by atoms with E-state index in [2.05, 4.69) is 64.9 Å². The van der Waals surface area contributed by atoms with E-state index in [0.29, 0.717) is 29.9 Å². The molecule has 0 radical (unpaired) electrons. The molecule has 76 valence electrons. The molecule has 0 aliphatic heterocycles. The summed E-state index contributed by atoms with van der Waals surface area (Å²) in [7, 11) is 0. The van der Waals surface area contributed by atoms with Crippen molar-refractivity contribution >= 4 is 38.8 Å². The summed E-state index contributed by atoms with van der Waals surface area (Å²) in [6.45, 7) is 0. The van der Waals surface area contributed by atoms with Crippen molar-refractivity contribution in [2.75, 3.05) is 0 Å². The summed E-state index contributed by atoms with van der Waals surface area (Å²) in [5.41, 5.74) is 0. The first-order valence-electron chi connectivity index (χ1n) is 4.70. The first kappa shape index (κ1) is 14.1. The summed E-state index contributed by atoms with van der Waals surface area (Å²) in [5.74, 6) is 0. The summed E-state index contributed by atoms with van der Waals surface area (Å²) in [5, 5.41) is 0. The van der Waals surface area contributed by atoms with E-state index in [-0.39, 0.29) is 18.9 Å². The SMILES string of the molecule is [Li+].c1ccc([Se][CH-][Se]c2ccccc2)cc1. The third-order valence-electron chi connectivity index (χ3n) is 1.85. The van der Waals surface area contributed by atoms with E-state index in [1.54, 1.807) is 0 Å². The molecule has 0 atom stereocenters. The standard InChI is InChI=1S/C13H11Se2.Li/c1-3-7-12(8-4-1)14-11-15-13-9-5-2-6-10-13;/h1-11H;/q-1;+1. The topological polar surface area (TPSA) is 0 Å². The number of benzene rings is 2. The molecule has 3 heteroatoms. The molecule has 16 heavy (non-hydrogen) atoms. The van der Waals surface area contributed by atoms with E-state index in [0.717, 1.165) is 0 Å². The van der Waals surface area contributed by atoms with Crippen LogP contribution < -0.4 is 27.8 Å². The second-order valence-electron chi connectivity index (χ2n) is 2.96. The van der Waals surface area contributed by atoms with Gasteiger partial charge in [-0.1, -0.05) is 0 Å². The third kappa shape index (κ3) is 4.94. The zero-order valence-electron chi connectivity index (χ0n) is 9.17. The average Bonchev–Trinajstić information content (AvgIpc) is 2.32. The van der Waals surface area contributed by atoms with Gasteiger partial charge >= 0.3 is 123 Å². The Balaban J connectivity index is 0.00000128. The van der Waals surface area contributed by atoms with Gasteiger partial charge in [0, 0.05) is 0 Å². The monoisotopic (exact) mass is 334 g/mol. The van der Waals surface area contributed by atoms with Crippen molar-refractivity contribution in [3.05, 3.63) is 64.9 Å². The van der Waals surface area contributed by atoms with Crippen molar-refractivity contribution in [1.29, 1.82) is 0 Å². The molecule has 0 nitrogen and oxygen atoms in total. The van der Waals surface area contributed by atoms with E-state index in [4.69, 9.17) is 0 Å². The summed E-state index contributed by atoms with van der Waals surface area (Å²) in [6.07, 6.45) is 0. The van der Waals surface area contributed by atoms with Crippen LogP contribution in [0.5, 0.6) is 0 Å². The molecule has 0 amide bonds. The van der Waals surface area contributed by atoms with Gasteiger partial charge in [-0.15, -0.1) is 0 Å². The Labute approximate surface area is 122 Å². The van der Waals surface area contributed by atoms with Crippen LogP contribution in [0.4, 0.5) is 0 Å². The predicted octanol–water partition coefficient (Wildman–Crippen LogP) is -1.83. The van der Waals surface area contributed by atoms with Crippen molar-refractivity contribution in [2.24, 2.45) is 0 Å². The van der Waals surface area contributed by atoms with Gasteiger partial charge in [0.1, 0.15) is 0 Å². The van der Waals surface area contributed by atoms with Gasteiger partial charge in [0.2, 0.25) is 0 Å². The predicted molar refractivity (Wildman–Crippen MR) is 68.0 cm³/mol. The molecule has 2 aromatic carbocycles. The Bertz CT molecular complexity index is 350. The van der Waals surface area contributed by atoms with Crippen molar-refractivity contribution in [3.63, 3.8) is 0 Å². The van der Waals surface area contributed by atoms with Gasteiger partial charge in [0.25, 0.3) is 0 Å². The molecule has 2 aromatic rings. The van der Waals surface area contributed by atoms with Gasteiger partial charge in [0.05, 0.1) is 0 Å². The van der Waals surface area contributed by atoms with Crippen LogP contribution in [-0.2, 0) is 0 Å². The number of hydrogen-bond donors (Lipinski definition) is 0. The molecule has 0 aromatic heterocycles. The fourth-order valence-electron chi connectivity index (χ4n) is 1.13. The zero-order chi connectivity index (χ0) is 10.3. The van der Waals surface area contributed by atoms with Gasteiger partial charge in [-0.2, -0.15) is 0 Å². The van der Waals surface area contributed by atoms with E-state index >= 15 is 0 Å². The van der Waals surface area contributed by atoms with Crippen LogP contribution in [0.2, 0.25) is 0 Å². The molecule has 0 bridgehead atoms. The first-order chi connectivity index (χ1) is 7.45. The van der Waals surface area contributed by atoms with E-state index in [1.807, 2.05) is 0 Å². The molecule has 0 saturated carbocycles. The average molecular weight is 332 g/mol. The summed E-state index contributed by atoms with van der Waals surface area (Å²) >= 11 is 1.05. The molecule has 0 aliphatic rings. The van der Waals surface area contributed by atoms with Gasteiger partial charge in [-0.05, 0) is 0 Å². The molecular weight excluding hydrogens is 321 g/mol. The maximum atomic E-state index is 2.45. The van der Waals surface area contributed by atoms with Crippen molar-refractivity contribution < 1.29 is 18.9 Å². The molecule has 0 unspecified atom stereocenters. The van der Waals surface area contributed by atoms with Crippen LogP contribution in [0, 0.1) is 4.22 Å². The zero-order valence-corrected chi connectivity index (χ0v) is 12.6. The minimum atomic E-state index is 0. The molecule has 0 spiro atoms. The van der Waals surface area contributed by atoms with Crippen LogP contribution in [0.25, 0.3) is 0 Å². The Kier molecular flexibility index (Phi) is 7.25. The molecule has 0 heterocycles. The Morgan fingerprint density at radius 3 is 1.38 bits per heavy atom. The molecular formula is C13H11LiSe2. The molecule has 0 aliphatic carbocycles. The fraction of sp³-hybridized carbons (Fsp3) is 0. The van der Waals surface area contributed by atoms with E-state index in [1.165, 1.54) is 8.92 Å². The third-order valence-corrected chi connectivity index (χ3v) is 6.64.